The number of carbonyl (C=O) groups excluding carboxylic acids is 1. The maximum absolute atomic E-state index is 13.8. The summed E-state index contributed by atoms with van der Waals surface area (Å²) in [5, 5.41) is 0.814. The highest BCUT2D eigenvalue weighted by Gasteiger charge is 2.24. The van der Waals surface area contributed by atoms with E-state index < -0.39 is 0 Å². The number of nitrogens with zero attached hydrogens (tertiary/aromatic N) is 3. The molecule has 0 bridgehead atoms. The Morgan fingerprint density at radius 1 is 0.947 bits per heavy atom. The minimum absolute atomic E-state index is 0.130. The quantitative estimate of drug-likeness (QED) is 0.320. The molecule has 1 amide bonds. The van der Waals surface area contributed by atoms with E-state index in [0.29, 0.717) is 73.5 Å². The van der Waals surface area contributed by atoms with Crippen LogP contribution in [0.2, 0.25) is 0 Å². The van der Waals surface area contributed by atoms with Gasteiger partial charge in [0.25, 0.3) is 5.91 Å². The van der Waals surface area contributed by atoms with Gasteiger partial charge in [-0.05, 0) is 54.6 Å². The Labute approximate surface area is 221 Å². The van der Waals surface area contributed by atoms with Gasteiger partial charge in [-0.15, -0.1) is 0 Å². The van der Waals surface area contributed by atoms with Gasteiger partial charge in [-0.2, -0.15) is 0 Å². The van der Waals surface area contributed by atoms with Crippen molar-refractivity contribution in [1.82, 2.24) is 9.88 Å². The Morgan fingerprint density at radius 3 is 2.34 bits per heavy atom. The number of anilines is 1. The van der Waals surface area contributed by atoms with E-state index in [4.69, 9.17) is 28.3 Å². The predicted octanol–water partition coefficient (Wildman–Crippen LogP) is 4.53. The van der Waals surface area contributed by atoms with Crippen LogP contribution in [0.3, 0.4) is 0 Å². The highest BCUT2D eigenvalue weighted by molar-refractivity contribution is 5.95. The number of amides is 1. The fourth-order valence-corrected chi connectivity index (χ4v) is 4.66. The zero-order valence-corrected chi connectivity index (χ0v) is 21.8. The third-order valence-electron chi connectivity index (χ3n) is 6.63. The molecule has 9 heteroatoms. The van der Waals surface area contributed by atoms with Gasteiger partial charge in [-0.3, -0.25) is 4.79 Å². The van der Waals surface area contributed by atoms with Crippen molar-refractivity contribution < 1.29 is 28.2 Å². The first-order chi connectivity index (χ1) is 18.6. The fraction of sp³-hybridized carbons (Fsp3) is 0.310. The molecule has 3 heterocycles. The van der Waals surface area contributed by atoms with Crippen LogP contribution in [0.5, 0.6) is 17.2 Å². The van der Waals surface area contributed by atoms with Gasteiger partial charge in [0.2, 0.25) is 0 Å². The lowest BCUT2D eigenvalue weighted by Gasteiger charge is -2.31. The molecule has 2 aromatic heterocycles. The van der Waals surface area contributed by atoms with E-state index >= 15 is 0 Å². The van der Waals surface area contributed by atoms with Gasteiger partial charge >= 0.3 is 0 Å². The standard InChI is InChI=1S/C29H31N3O6/c1-34-22-8-6-20(7-9-22)29(33)32(19-23-5-4-14-38-23)18-21-17-24-25(35-2)10-11-26(36-3)27(24)30-28(21)31-12-15-37-16-13-31/h4-11,14,17H,12-13,15-16,18-19H2,1-3H3. The summed E-state index contributed by atoms with van der Waals surface area (Å²) >= 11 is 0. The number of rotatable bonds is 9. The van der Waals surface area contributed by atoms with E-state index in [1.807, 2.05) is 30.3 Å². The van der Waals surface area contributed by atoms with Crippen LogP contribution in [-0.4, -0.2) is 63.4 Å². The largest absolute Gasteiger partial charge is 0.497 e. The average molecular weight is 518 g/mol. The average Bonchev–Trinajstić information content (AvgIpc) is 3.49. The first-order valence-electron chi connectivity index (χ1n) is 12.4. The van der Waals surface area contributed by atoms with Crippen LogP contribution in [0.25, 0.3) is 10.9 Å². The van der Waals surface area contributed by atoms with Crippen LogP contribution in [0.1, 0.15) is 21.7 Å². The summed E-state index contributed by atoms with van der Waals surface area (Å²) in [5.41, 5.74) is 2.15. The molecule has 0 aliphatic carbocycles. The van der Waals surface area contributed by atoms with E-state index in [-0.39, 0.29) is 5.91 Å². The van der Waals surface area contributed by atoms with Crippen LogP contribution >= 0.6 is 0 Å². The smallest absolute Gasteiger partial charge is 0.254 e. The molecule has 0 N–H and O–H groups in total. The molecule has 0 atom stereocenters. The van der Waals surface area contributed by atoms with E-state index in [1.165, 1.54) is 0 Å². The predicted molar refractivity (Wildman–Crippen MR) is 143 cm³/mol. The monoisotopic (exact) mass is 517 g/mol. The molecule has 198 valence electrons. The topological polar surface area (TPSA) is 86.5 Å². The lowest BCUT2D eigenvalue weighted by Crippen LogP contribution is -2.38. The van der Waals surface area contributed by atoms with Gasteiger partial charge in [0, 0.05) is 29.6 Å². The van der Waals surface area contributed by atoms with Crippen molar-refractivity contribution in [2.24, 2.45) is 0 Å². The van der Waals surface area contributed by atoms with Crippen LogP contribution in [-0.2, 0) is 17.8 Å². The van der Waals surface area contributed by atoms with Crippen LogP contribution < -0.4 is 19.1 Å². The third kappa shape index (κ3) is 5.24. The zero-order chi connectivity index (χ0) is 26.5. The van der Waals surface area contributed by atoms with Gasteiger partial charge in [0.1, 0.15) is 34.3 Å². The normalized spacial score (nSPS) is 13.4. The van der Waals surface area contributed by atoms with Crippen molar-refractivity contribution in [3.8, 4) is 17.2 Å². The first-order valence-corrected chi connectivity index (χ1v) is 12.4. The third-order valence-corrected chi connectivity index (χ3v) is 6.63. The highest BCUT2D eigenvalue weighted by atomic mass is 16.5. The first kappa shape index (κ1) is 25.4. The van der Waals surface area contributed by atoms with Gasteiger partial charge in [-0.1, -0.05) is 0 Å². The Hall–Kier alpha value is -4.24. The minimum atomic E-state index is -0.130. The maximum atomic E-state index is 13.8. The number of pyridine rings is 1. The van der Waals surface area contributed by atoms with Crippen molar-refractivity contribution in [3.05, 3.63) is 77.7 Å². The van der Waals surface area contributed by atoms with Crippen molar-refractivity contribution in [1.29, 1.82) is 0 Å². The molecule has 1 fully saturated rings. The molecule has 9 nitrogen and oxygen atoms in total. The van der Waals surface area contributed by atoms with E-state index in [2.05, 4.69) is 4.90 Å². The number of hydrogen-bond donors (Lipinski definition) is 0. The Kier molecular flexibility index (Phi) is 7.65. The van der Waals surface area contributed by atoms with Crippen molar-refractivity contribution in [2.45, 2.75) is 13.1 Å². The van der Waals surface area contributed by atoms with Crippen LogP contribution in [0.4, 0.5) is 5.82 Å². The molecule has 1 saturated heterocycles. The molecular weight excluding hydrogens is 486 g/mol. The lowest BCUT2D eigenvalue weighted by atomic mass is 10.1. The van der Waals surface area contributed by atoms with E-state index in [9.17, 15) is 4.79 Å². The van der Waals surface area contributed by atoms with Crippen molar-refractivity contribution in [2.75, 3.05) is 52.5 Å². The number of benzene rings is 2. The molecule has 4 aromatic rings. The fourth-order valence-electron chi connectivity index (χ4n) is 4.66. The number of carbonyl (C=O) groups is 1. The molecule has 38 heavy (non-hydrogen) atoms. The number of aromatic nitrogens is 1. The molecule has 1 aliphatic heterocycles. The number of methoxy groups -OCH3 is 3. The Balaban J connectivity index is 1.60. The molecule has 2 aromatic carbocycles. The number of fused-ring (bicyclic) bond motifs is 1. The van der Waals surface area contributed by atoms with Crippen LogP contribution in [0.15, 0.2) is 65.3 Å². The maximum Gasteiger partial charge on any atom is 0.254 e. The summed E-state index contributed by atoms with van der Waals surface area (Å²) < 4.78 is 27.8. The summed E-state index contributed by atoms with van der Waals surface area (Å²) in [4.78, 5) is 22.8. The van der Waals surface area contributed by atoms with Gasteiger partial charge < -0.3 is 33.2 Å². The summed E-state index contributed by atoms with van der Waals surface area (Å²) in [5.74, 6) is 3.38. The van der Waals surface area contributed by atoms with Crippen molar-refractivity contribution >= 4 is 22.6 Å². The van der Waals surface area contributed by atoms with Gasteiger partial charge in [0.15, 0.2) is 0 Å². The SMILES string of the molecule is COc1ccc(C(=O)N(Cc2ccco2)Cc2cc3c(OC)ccc(OC)c3nc2N2CCOCC2)cc1. The molecule has 0 spiro atoms. The molecule has 0 saturated carbocycles. The van der Waals surface area contributed by atoms with E-state index in [0.717, 1.165) is 16.8 Å². The van der Waals surface area contributed by atoms with Crippen molar-refractivity contribution in [3.63, 3.8) is 0 Å². The Bertz CT molecular complexity index is 1380. The second kappa shape index (κ2) is 11.4. The van der Waals surface area contributed by atoms with Gasteiger partial charge in [-0.25, -0.2) is 4.98 Å². The molecule has 0 radical (unpaired) electrons. The molecule has 0 unspecified atom stereocenters. The number of furan rings is 1. The summed E-state index contributed by atoms with van der Waals surface area (Å²) in [6.45, 7) is 3.21. The molecule has 1 aliphatic rings. The molecular formula is C29H31N3O6. The number of morpholine rings is 1. The van der Waals surface area contributed by atoms with Crippen LogP contribution in [0, 0.1) is 0 Å². The number of ether oxygens (including phenoxy) is 4. The lowest BCUT2D eigenvalue weighted by molar-refractivity contribution is 0.0717. The second-order valence-electron chi connectivity index (χ2n) is 8.91. The second-order valence-corrected chi connectivity index (χ2v) is 8.91. The van der Waals surface area contributed by atoms with E-state index in [1.54, 1.807) is 56.8 Å². The summed E-state index contributed by atoms with van der Waals surface area (Å²) in [6, 6.07) is 16.6. The molecule has 5 rings (SSSR count). The summed E-state index contributed by atoms with van der Waals surface area (Å²) in [7, 11) is 4.86. The summed E-state index contributed by atoms with van der Waals surface area (Å²) in [6.07, 6.45) is 1.61. The van der Waals surface area contributed by atoms with Gasteiger partial charge in [0.05, 0.1) is 53.9 Å². The number of hydrogen-bond acceptors (Lipinski definition) is 8. The zero-order valence-electron chi connectivity index (χ0n) is 21.8. The highest BCUT2D eigenvalue weighted by Crippen LogP contribution is 2.36. The Morgan fingerprint density at radius 2 is 1.68 bits per heavy atom. The minimum Gasteiger partial charge on any atom is -0.497 e.